The molecule has 7 heteroatoms. The van der Waals surface area contributed by atoms with Crippen LogP contribution in [0.25, 0.3) is 5.57 Å². The Morgan fingerprint density at radius 2 is 1.93 bits per heavy atom. The lowest BCUT2D eigenvalue weighted by molar-refractivity contribution is -0.384. The summed E-state index contributed by atoms with van der Waals surface area (Å²) in [5.74, 6) is 4.69. The summed E-state index contributed by atoms with van der Waals surface area (Å²) in [5, 5.41) is 10.8. The van der Waals surface area contributed by atoms with Crippen molar-refractivity contribution in [1.29, 1.82) is 0 Å². The van der Waals surface area contributed by atoms with Gasteiger partial charge in [0.05, 0.1) is 11.5 Å². The molecule has 0 radical (unpaired) electrons. The number of carbonyl (C=O) groups excluding carboxylic acids is 2. The molecule has 2 aliphatic rings. The predicted octanol–water partition coefficient (Wildman–Crippen LogP) is 3.06. The van der Waals surface area contributed by atoms with Crippen LogP contribution >= 0.6 is 0 Å². The Morgan fingerprint density at radius 3 is 2.63 bits per heavy atom. The number of esters is 2. The van der Waals surface area contributed by atoms with Crippen molar-refractivity contribution in [3.63, 3.8) is 0 Å². The second-order valence-corrected chi connectivity index (χ2v) is 6.94. The van der Waals surface area contributed by atoms with Crippen molar-refractivity contribution in [3.05, 3.63) is 80.9 Å². The highest BCUT2D eigenvalue weighted by Crippen LogP contribution is 2.51. The summed E-state index contributed by atoms with van der Waals surface area (Å²) in [5.41, 5.74) is 1.67. The molecule has 4 rings (SSSR count). The van der Waals surface area contributed by atoms with E-state index >= 15 is 0 Å². The summed E-state index contributed by atoms with van der Waals surface area (Å²) in [4.78, 5) is 36.1. The molecule has 0 bridgehead atoms. The summed E-state index contributed by atoms with van der Waals surface area (Å²) in [6.45, 7) is 1.77. The minimum absolute atomic E-state index is 0.0276. The van der Waals surface area contributed by atoms with E-state index in [0.717, 1.165) is 11.1 Å². The number of fused-ring (bicyclic) bond motifs is 3. The Morgan fingerprint density at radius 1 is 1.20 bits per heavy atom. The number of ether oxygens (including phenoxy) is 2. The number of hydrogen-bond donors (Lipinski definition) is 0. The highest BCUT2D eigenvalue weighted by atomic mass is 16.6. The zero-order chi connectivity index (χ0) is 21.3. The van der Waals surface area contributed by atoms with Crippen molar-refractivity contribution in [2.24, 2.45) is 5.41 Å². The van der Waals surface area contributed by atoms with E-state index < -0.39 is 22.3 Å². The van der Waals surface area contributed by atoms with Crippen molar-refractivity contribution >= 4 is 23.2 Å². The molecule has 0 amide bonds. The van der Waals surface area contributed by atoms with E-state index in [1.54, 1.807) is 19.1 Å². The van der Waals surface area contributed by atoms with Gasteiger partial charge in [-0.3, -0.25) is 19.7 Å². The molecule has 0 spiro atoms. The maximum absolute atomic E-state index is 12.9. The number of rotatable bonds is 3. The monoisotopic (exact) mass is 403 g/mol. The van der Waals surface area contributed by atoms with E-state index in [9.17, 15) is 19.7 Å². The average molecular weight is 403 g/mol. The van der Waals surface area contributed by atoms with E-state index in [4.69, 9.17) is 9.47 Å². The number of nitrogens with zero attached hydrogens (tertiary/aromatic N) is 1. The summed E-state index contributed by atoms with van der Waals surface area (Å²) in [6, 6.07) is 13.3. The minimum atomic E-state index is -1.56. The molecule has 1 unspecified atom stereocenters. The number of nitro benzene ring substituents is 1. The summed E-state index contributed by atoms with van der Waals surface area (Å²) in [6.07, 6.45) is 0.166. The molecular weight excluding hydrogens is 386 g/mol. The lowest BCUT2D eigenvalue weighted by atomic mass is 9.77. The van der Waals surface area contributed by atoms with Crippen LogP contribution in [0.4, 0.5) is 5.69 Å². The van der Waals surface area contributed by atoms with Gasteiger partial charge in [-0.1, -0.05) is 36.1 Å². The molecular formula is C23H17NO6. The third-order valence-electron chi connectivity index (χ3n) is 5.23. The first kappa shape index (κ1) is 19.4. The number of cyclic esters (lactones) is 1. The Balaban J connectivity index is 1.85. The molecule has 7 nitrogen and oxygen atoms in total. The Labute approximate surface area is 172 Å². The maximum Gasteiger partial charge on any atom is 0.328 e. The van der Waals surface area contributed by atoms with Gasteiger partial charge >= 0.3 is 11.9 Å². The van der Waals surface area contributed by atoms with Crippen LogP contribution in [-0.4, -0.2) is 30.1 Å². The van der Waals surface area contributed by atoms with Gasteiger partial charge in [0, 0.05) is 35.3 Å². The van der Waals surface area contributed by atoms with Crippen LogP contribution in [0.3, 0.4) is 0 Å². The van der Waals surface area contributed by atoms with Crippen molar-refractivity contribution in [2.75, 3.05) is 13.2 Å². The van der Waals surface area contributed by atoms with Crippen LogP contribution in [0.5, 0.6) is 0 Å². The van der Waals surface area contributed by atoms with E-state index in [1.807, 2.05) is 24.3 Å². The minimum Gasteiger partial charge on any atom is -0.465 e. The van der Waals surface area contributed by atoms with Gasteiger partial charge in [0.2, 0.25) is 0 Å². The molecule has 150 valence electrons. The van der Waals surface area contributed by atoms with Crippen LogP contribution < -0.4 is 0 Å². The lowest BCUT2D eigenvalue weighted by Gasteiger charge is -2.31. The molecule has 30 heavy (non-hydrogen) atoms. The molecule has 1 aliphatic heterocycles. The van der Waals surface area contributed by atoms with Gasteiger partial charge in [0.1, 0.15) is 6.61 Å². The van der Waals surface area contributed by atoms with Crippen LogP contribution in [0.1, 0.15) is 23.6 Å². The largest absolute Gasteiger partial charge is 0.465 e. The van der Waals surface area contributed by atoms with E-state index in [0.29, 0.717) is 16.7 Å². The van der Waals surface area contributed by atoms with Crippen molar-refractivity contribution in [2.45, 2.75) is 13.3 Å². The predicted molar refractivity (Wildman–Crippen MR) is 107 cm³/mol. The third-order valence-corrected chi connectivity index (χ3v) is 5.23. The zero-order valence-electron chi connectivity index (χ0n) is 16.1. The fourth-order valence-corrected chi connectivity index (χ4v) is 3.87. The fraction of sp³-hybridized carbons (Fsp3) is 0.217. The smallest absolute Gasteiger partial charge is 0.328 e. The lowest BCUT2D eigenvalue weighted by Crippen LogP contribution is -2.45. The number of hydrogen-bond acceptors (Lipinski definition) is 6. The van der Waals surface area contributed by atoms with Gasteiger partial charge in [-0.2, -0.15) is 0 Å². The molecule has 0 fully saturated rings. The van der Waals surface area contributed by atoms with Gasteiger partial charge in [-0.05, 0) is 30.2 Å². The first-order valence-electron chi connectivity index (χ1n) is 9.40. The second kappa shape index (κ2) is 7.48. The van der Waals surface area contributed by atoms with Crippen molar-refractivity contribution in [3.8, 4) is 11.8 Å². The number of nitro groups is 1. The van der Waals surface area contributed by atoms with Gasteiger partial charge in [0.25, 0.3) is 5.69 Å². The number of benzene rings is 2. The summed E-state index contributed by atoms with van der Waals surface area (Å²) >= 11 is 0. The topological polar surface area (TPSA) is 95.7 Å². The second-order valence-electron chi connectivity index (χ2n) is 6.94. The average Bonchev–Trinajstić information content (AvgIpc) is 3.11. The molecule has 2 aromatic carbocycles. The third kappa shape index (κ3) is 3.03. The van der Waals surface area contributed by atoms with Crippen LogP contribution in [0.15, 0.2) is 54.1 Å². The normalized spacial score (nSPS) is 19.2. The summed E-state index contributed by atoms with van der Waals surface area (Å²) < 4.78 is 10.6. The molecule has 0 aromatic heterocycles. The highest BCUT2D eigenvalue weighted by molar-refractivity contribution is 6.16. The highest BCUT2D eigenvalue weighted by Gasteiger charge is 2.59. The Bertz CT molecular complexity index is 1150. The van der Waals surface area contributed by atoms with Crippen LogP contribution in [-0.2, 0) is 25.5 Å². The van der Waals surface area contributed by atoms with Gasteiger partial charge in [0.15, 0.2) is 5.41 Å². The molecule has 0 saturated heterocycles. The number of non-ortho nitro benzene ring substituents is 1. The molecule has 1 heterocycles. The SMILES string of the molecule is CCOC(=O)C12Cc3ccccc3C1=C(C#Cc1ccc([N+](=O)[O-])cc1)COC2=O. The summed E-state index contributed by atoms with van der Waals surface area (Å²) in [7, 11) is 0. The van der Waals surface area contributed by atoms with E-state index in [2.05, 4.69) is 11.8 Å². The zero-order valence-corrected chi connectivity index (χ0v) is 16.1. The van der Waals surface area contributed by atoms with E-state index in [-0.39, 0.29) is 25.3 Å². The van der Waals surface area contributed by atoms with Gasteiger partial charge in [-0.25, -0.2) is 0 Å². The van der Waals surface area contributed by atoms with Crippen molar-refractivity contribution < 1.29 is 24.0 Å². The standard InChI is InChI=1S/C23H17NO6/c1-2-29-21(25)23-13-16-5-3-4-6-19(16)20(23)17(14-30-22(23)26)10-7-15-8-11-18(12-9-15)24(27)28/h3-6,8-9,11-12H,2,13-14H2,1H3. The molecule has 1 atom stereocenters. The van der Waals surface area contributed by atoms with Gasteiger partial charge < -0.3 is 9.47 Å². The van der Waals surface area contributed by atoms with Crippen molar-refractivity contribution in [1.82, 2.24) is 0 Å². The Kier molecular flexibility index (Phi) is 4.84. The first-order valence-corrected chi connectivity index (χ1v) is 9.40. The molecule has 0 N–H and O–H groups in total. The molecule has 0 saturated carbocycles. The Hall–Kier alpha value is -3.92. The van der Waals surface area contributed by atoms with Crippen LogP contribution in [0.2, 0.25) is 0 Å². The molecule has 2 aromatic rings. The fourth-order valence-electron chi connectivity index (χ4n) is 3.87. The quantitative estimate of drug-likeness (QED) is 0.257. The van der Waals surface area contributed by atoms with Crippen LogP contribution in [0, 0.1) is 27.4 Å². The molecule has 1 aliphatic carbocycles. The first-order chi connectivity index (χ1) is 14.5. The van der Waals surface area contributed by atoms with Gasteiger partial charge in [-0.15, -0.1) is 0 Å². The van der Waals surface area contributed by atoms with E-state index in [1.165, 1.54) is 12.1 Å². The number of carbonyl (C=O) groups is 2. The maximum atomic E-state index is 12.9.